The van der Waals surface area contributed by atoms with Gasteiger partial charge in [0.25, 0.3) is 0 Å². The minimum absolute atomic E-state index is 0.346. The number of halogens is 1. The summed E-state index contributed by atoms with van der Waals surface area (Å²) in [5, 5.41) is 3.50. The predicted octanol–water partition coefficient (Wildman–Crippen LogP) is 2.47. The van der Waals surface area contributed by atoms with Crippen molar-refractivity contribution in [2.24, 2.45) is 12.0 Å². The van der Waals surface area contributed by atoms with Gasteiger partial charge in [-0.3, -0.25) is 0 Å². The van der Waals surface area contributed by atoms with Crippen molar-refractivity contribution in [1.82, 2.24) is 14.9 Å². The summed E-state index contributed by atoms with van der Waals surface area (Å²) >= 11 is 6.08. The maximum Gasteiger partial charge on any atom is 0.172 e. The summed E-state index contributed by atoms with van der Waals surface area (Å²) in [5.41, 5.74) is 0.617. The molecule has 1 heterocycles. The number of allylic oxidation sites excluding steroid dienone is 1. The summed E-state index contributed by atoms with van der Waals surface area (Å²) in [6, 6.07) is 0.433. The standard InChI is InChI=1S/C13H19ClN4/c1-10(15-3)6-5-7-11(2)17-12(14)13-16-8-9-18(13)4/h5,7-10,15H,2,6H2,1,3-4H3/b7-5+,17-12?. The van der Waals surface area contributed by atoms with E-state index in [0.29, 0.717) is 22.7 Å². The molecule has 0 saturated carbocycles. The Morgan fingerprint density at radius 3 is 3.00 bits per heavy atom. The molecule has 0 aliphatic heterocycles. The van der Waals surface area contributed by atoms with Crippen molar-refractivity contribution in [2.45, 2.75) is 19.4 Å². The van der Waals surface area contributed by atoms with Crippen LogP contribution in [0.5, 0.6) is 0 Å². The van der Waals surface area contributed by atoms with Gasteiger partial charge in [0, 0.05) is 25.5 Å². The molecule has 0 saturated heterocycles. The zero-order valence-electron chi connectivity index (χ0n) is 11.0. The van der Waals surface area contributed by atoms with E-state index in [1.54, 1.807) is 6.20 Å². The van der Waals surface area contributed by atoms with Crippen LogP contribution in [0.3, 0.4) is 0 Å². The Morgan fingerprint density at radius 1 is 1.72 bits per heavy atom. The van der Waals surface area contributed by atoms with Crippen LogP contribution >= 0.6 is 11.6 Å². The third kappa shape index (κ3) is 4.47. The van der Waals surface area contributed by atoms with Crippen LogP contribution in [0, 0.1) is 0 Å². The number of aliphatic imine (C=N–C) groups is 1. The van der Waals surface area contributed by atoms with Gasteiger partial charge in [-0.25, -0.2) is 9.98 Å². The van der Waals surface area contributed by atoms with Crippen LogP contribution in [0.2, 0.25) is 0 Å². The third-order valence-electron chi connectivity index (χ3n) is 2.54. The molecule has 0 bridgehead atoms. The van der Waals surface area contributed by atoms with E-state index in [9.17, 15) is 0 Å². The minimum Gasteiger partial charge on any atom is -0.332 e. The molecule has 1 aromatic rings. The SMILES string of the molecule is C=C(/C=C/CC(C)NC)N=C(Cl)c1nccn1C. The van der Waals surface area contributed by atoms with E-state index in [0.717, 1.165) is 6.42 Å². The Hall–Kier alpha value is -1.39. The van der Waals surface area contributed by atoms with E-state index in [-0.39, 0.29) is 0 Å². The number of hydrogen-bond acceptors (Lipinski definition) is 3. The summed E-state index contributed by atoms with van der Waals surface area (Å²) in [7, 11) is 3.80. The van der Waals surface area contributed by atoms with Crippen LogP contribution in [0.15, 0.2) is 41.8 Å². The summed E-state index contributed by atoms with van der Waals surface area (Å²) < 4.78 is 1.81. The van der Waals surface area contributed by atoms with Gasteiger partial charge in [0.05, 0.1) is 5.70 Å². The van der Waals surface area contributed by atoms with E-state index < -0.39 is 0 Å². The van der Waals surface area contributed by atoms with Gasteiger partial charge in [-0.2, -0.15) is 0 Å². The lowest BCUT2D eigenvalue weighted by Gasteiger charge is -2.04. The quantitative estimate of drug-likeness (QED) is 0.635. The lowest BCUT2D eigenvalue weighted by molar-refractivity contribution is 0.619. The lowest BCUT2D eigenvalue weighted by Crippen LogP contribution is -2.19. The molecule has 4 nitrogen and oxygen atoms in total. The van der Waals surface area contributed by atoms with Gasteiger partial charge in [-0.15, -0.1) is 0 Å². The van der Waals surface area contributed by atoms with Gasteiger partial charge in [-0.1, -0.05) is 24.3 Å². The van der Waals surface area contributed by atoms with Gasteiger partial charge in [0.1, 0.15) is 0 Å². The number of imidazole rings is 1. The molecule has 0 radical (unpaired) electrons. The first-order valence-electron chi connectivity index (χ1n) is 5.79. The molecule has 0 aromatic carbocycles. The molecule has 18 heavy (non-hydrogen) atoms. The van der Waals surface area contributed by atoms with Crippen molar-refractivity contribution in [3.8, 4) is 0 Å². The maximum absolute atomic E-state index is 6.08. The molecule has 5 heteroatoms. The fourth-order valence-corrected chi connectivity index (χ4v) is 1.59. The lowest BCUT2D eigenvalue weighted by atomic mass is 10.2. The Bertz CT molecular complexity index is 459. The van der Waals surface area contributed by atoms with Crippen molar-refractivity contribution in [1.29, 1.82) is 0 Å². The summed E-state index contributed by atoms with van der Waals surface area (Å²) in [6.45, 7) is 5.95. The fraction of sp³-hybridized carbons (Fsp3) is 0.385. The van der Waals surface area contributed by atoms with Crippen LogP contribution in [0.25, 0.3) is 0 Å². The van der Waals surface area contributed by atoms with Gasteiger partial charge >= 0.3 is 0 Å². The first-order chi connectivity index (χ1) is 8.54. The first-order valence-corrected chi connectivity index (χ1v) is 6.17. The van der Waals surface area contributed by atoms with Crippen molar-refractivity contribution in [3.05, 3.63) is 42.6 Å². The van der Waals surface area contributed by atoms with Gasteiger partial charge < -0.3 is 9.88 Å². The zero-order valence-corrected chi connectivity index (χ0v) is 11.8. The molecule has 0 fully saturated rings. The van der Waals surface area contributed by atoms with E-state index in [1.165, 1.54) is 0 Å². The summed E-state index contributed by atoms with van der Waals surface area (Å²) in [4.78, 5) is 8.32. The second-order valence-corrected chi connectivity index (χ2v) is 4.44. The summed E-state index contributed by atoms with van der Waals surface area (Å²) in [6.07, 6.45) is 8.31. The number of nitrogens with zero attached hydrogens (tertiary/aromatic N) is 3. The largest absolute Gasteiger partial charge is 0.332 e. The summed E-state index contributed by atoms with van der Waals surface area (Å²) in [5.74, 6) is 0.634. The Kier molecular flexibility index (Phi) is 5.82. The fourth-order valence-electron chi connectivity index (χ4n) is 1.30. The zero-order chi connectivity index (χ0) is 13.5. The highest BCUT2D eigenvalue weighted by molar-refractivity contribution is 6.69. The van der Waals surface area contributed by atoms with Crippen molar-refractivity contribution in [2.75, 3.05) is 7.05 Å². The molecule has 0 spiro atoms. The van der Waals surface area contributed by atoms with E-state index in [2.05, 4.69) is 28.8 Å². The monoisotopic (exact) mass is 266 g/mol. The van der Waals surface area contributed by atoms with Gasteiger partial charge in [-0.05, 0) is 26.5 Å². The molecule has 1 aromatic heterocycles. The Morgan fingerprint density at radius 2 is 2.44 bits per heavy atom. The topological polar surface area (TPSA) is 42.2 Å². The number of rotatable bonds is 6. The van der Waals surface area contributed by atoms with Gasteiger partial charge in [0.2, 0.25) is 0 Å². The molecular weight excluding hydrogens is 248 g/mol. The molecule has 0 aliphatic carbocycles. The first kappa shape index (κ1) is 14.7. The highest BCUT2D eigenvalue weighted by Crippen LogP contribution is 2.06. The van der Waals surface area contributed by atoms with E-state index >= 15 is 0 Å². The van der Waals surface area contributed by atoms with Crippen LogP contribution in [0.1, 0.15) is 19.2 Å². The minimum atomic E-state index is 0.346. The smallest absolute Gasteiger partial charge is 0.172 e. The molecule has 1 atom stereocenters. The molecule has 1 rings (SSSR count). The third-order valence-corrected chi connectivity index (χ3v) is 2.79. The predicted molar refractivity (Wildman–Crippen MR) is 77.0 cm³/mol. The number of nitrogens with one attached hydrogen (secondary N) is 1. The van der Waals surface area contributed by atoms with Crippen LogP contribution < -0.4 is 5.32 Å². The molecule has 0 aliphatic rings. The van der Waals surface area contributed by atoms with Crippen LogP contribution in [-0.2, 0) is 7.05 Å². The molecule has 1 unspecified atom stereocenters. The van der Waals surface area contributed by atoms with Gasteiger partial charge in [0.15, 0.2) is 11.0 Å². The molecule has 98 valence electrons. The highest BCUT2D eigenvalue weighted by atomic mass is 35.5. The molecular formula is C13H19ClN4. The van der Waals surface area contributed by atoms with Crippen LogP contribution in [0.4, 0.5) is 0 Å². The number of aryl methyl sites for hydroxylation is 1. The average molecular weight is 267 g/mol. The number of hydrogen-bond donors (Lipinski definition) is 1. The Balaban J connectivity index is 2.61. The van der Waals surface area contributed by atoms with E-state index in [4.69, 9.17) is 11.6 Å². The Labute approximate surface area is 113 Å². The van der Waals surface area contributed by atoms with Crippen molar-refractivity contribution >= 4 is 16.8 Å². The molecule has 0 amide bonds. The van der Waals surface area contributed by atoms with Crippen molar-refractivity contribution in [3.63, 3.8) is 0 Å². The average Bonchev–Trinajstić information content (AvgIpc) is 2.75. The second kappa shape index (κ2) is 7.13. The highest BCUT2D eigenvalue weighted by Gasteiger charge is 2.05. The normalized spacial score (nSPS) is 14.1. The van der Waals surface area contributed by atoms with Crippen LogP contribution in [-0.4, -0.2) is 27.8 Å². The van der Waals surface area contributed by atoms with E-state index in [1.807, 2.05) is 37.0 Å². The molecule has 1 N–H and O–H groups in total. The second-order valence-electron chi connectivity index (χ2n) is 4.08. The van der Waals surface area contributed by atoms with Crippen molar-refractivity contribution < 1.29 is 0 Å². The maximum atomic E-state index is 6.08. The number of aromatic nitrogens is 2.